The largest absolute Gasteiger partial charge is 0.378 e. The van der Waals surface area contributed by atoms with Crippen molar-refractivity contribution in [1.29, 1.82) is 0 Å². The van der Waals surface area contributed by atoms with Crippen LogP contribution in [0.5, 0.6) is 0 Å². The summed E-state index contributed by atoms with van der Waals surface area (Å²) in [5, 5.41) is 2.90. The molecule has 0 atom stereocenters. The van der Waals surface area contributed by atoms with Crippen molar-refractivity contribution in [2.24, 2.45) is 0 Å². The third-order valence-electron chi connectivity index (χ3n) is 4.89. The van der Waals surface area contributed by atoms with E-state index < -0.39 is 0 Å². The van der Waals surface area contributed by atoms with Gasteiger partial charge in [-0.2, -0.15) is 0 Å². The van der Waals surface area contributed by atoms with Crippen molar-refractivity contribution in [1.82, 2.24) is 9.80 Å². The number of nitrogens with one attached hydrogen (secondary N) is 1. The van der Waals surface area contributed by atoms with Crippen molar-refractivity contribution in [2.45, 2.75) is 23.6 Å². The zero-order valence-corrected chi connectivity index (χ0v) is 18.6. The number of anilines is 1. The van der Waals surface area contributed by atoms with Gasteiger partial charge in [-0.15, -0.1) is 0 Å². The molecule has 0 bridgehead atoms. The highest BCUT2D eigenvalue weighted by Crippen LogP contribution is 2.31. The Hall–Kier alpha value is -2.35. The highest BCUT2D eigenvalue weighted by molar-refractivity contribution is 7.99. The lowest BCUT2D eigenvalue weighted by molar-refractivity contribution is -0.136. The lowest BCUT2D eigenvalue weighted by Crippen LogP contribution is -2.46. The van der Waals surface area contributed by atoms with Crippen LogP contribution in [0.1, 0.15) is 11.1 Å². The first kappa shape index (κ1) is 22.3. The number of nitrogens with zero attached hydrogens (tertiary/aromatic N) is 2. The molecule has 0 spiro atoms. The van der Waals surface area contributed by atoms with Crippen molar-refractivity contribution in [3.05, 3.63) is 53.6 Å². The molecular formula is C23H29N3O3S. The molecule has 160 valence electrons. The van der Waals surface area contributed by atoms with E-state index in [9.17, 15) is 9.59 Å². The van der Waals surface area contributed by atoms with Gasteiger partial charge in [0, 0.05) is 28.6 Å². The number of amides is 2. The highest BCUT2D eigenvalue weighted by Gasteiger charge is 2.19. The number of rotatable bonds is 7. The van der Waals surface area contributed by atoms with Crippen LogP contribution in [0.25, 0.3) is 0 Å². The number of aryl methyl sites for hydroxylation is 2. The molecule has 0 aliphatic carbocycles. The third kappa shape index (κ3) is 6.58. The molecule has 2 amide bonds. The molecule has 1 saturated heterocycles. The molecule has 1 fully saturated rings. The Morgan fingerprint density at radius 2 is 1.77 bits per heavy atom. The molecule has 0 saturated carbocycles. The molecule has 2 aromatic carbocycles. The van der Waals surface area contributed by atoms with Crippen LogP contribution in [-0.2, 0) is 14.3 Å². The van der Waals surface area contributed by atoms with Crippen LogP contribution in [0.3, 0.4) is 0 Å². The molecule has 1 aliphatic heterocycles. The monoisotopic (exact) mass is 427 g/mol. The van der Waals surface area contributed by atoms with Gasteiger partial charge >= 0.3 is 0 Å². The summed E-state index contributed by atoms with van der Waals surface area (Å²) in [5.41, 5.74) is 3.24. The van der Waals surface area contributed by atoms with Crippen LogP contribution in [0.2, 0.25) is 0 Å². The quantitative estimate of drug-likeness (QED) is 0.735. The van der Waals surface area contributed by atoms with Gasteiger partial charge in [0.15, 0.2) is 0 Å². The van der Waals surface area contributed by atoms with E-state index in [0.29, 0.717) is 26.3 Å². The number of carbonyl (C=O) groups excluding carboxylic acids is 2. The average Bonchev–Trinajstić information content (AvgIpc) is 2.72. The van der Waals surface area contributed by atoms with Crippen molar-refractivity contribution in [3.8, 4) is 0 Å². The molecule has 30 heavy (non-hydrogen) atoms. The normalized spacial score (nSPS) is 14.1. The van der Waals surface area contributed by atoms with Crippen LogP contribution >= 0.6 is 11.8 Å². The molecule has 1 heterocycles. The number of benzene rings is 2. The van der Waals surface area contributed by atoms with Crippen LogP contribution in [0.15, 0.2) is 52.3 Å². The van der Waals surface area contributed by atoms with E-state index in [1.807, 2.05) is 24.3 Å². The summed E-state index contributed by atoms with van der Waals surface area (Å²) < 4.78 is 5.27. The molecule has 1 aliphatic rings. The molecule has 3 rings (SSSR count). The molecule has 6 nitrogen and oxygen atoms in total. The third-order valence-corrected chi connectivity index (χ3v) is 6.06. The first-order chi connectivity index (χ1) is 14.4. The second-order valence-corrected chi connectivity index (χ2v) is 8.72. The van der Waals surface area contributed by atoms with Crippen LogP contribution in [0.4, 0.5) is 5.69 Å². The topological polar surface area (TPSA) is 61.9 Å². The summed E-state index contributed by atoms with van der Waals surface area (Å²) in [6.45, 7) is 6.97. The van der Waals surface area contributed by atoms with Gasteiger partial charge in [-0.1, -0.05) is 23.9 Å². The van der Waals surface area contributed by atoms with Gasteiger partial charge in [-0.05, 0) is 62.4 Å². The number of carbonyl (C=O) groups is 2. The van der Waals surface area contributed by atoms with E-state index in [-0.39, 0.29) is 24.9 Å². The van der Waals surface area contributed by atoms with E-state index in [2.05, 4.69) is 37.4 Å². The summed E-state index contributed by atoms with van der Waals surface area (Å²) in [4.78, 5) is 30.5. The Morgan fingerprint density at radius 1 is 1.07 bits per heavy atom. The molecule has 1 N–H and O–H groups in total. The van der Waals surface area contributed by atoms with E-state index in [4.69, 9.17) is 4.74 Å². The van der Waals surface area contributed by atoms with Crippen molar-refractivity contribution in [2.75, 3.05) is 51.8 Å². The Morgan fingerprint density at radius 3 is 2.47 bits per heavy atom. The van der Waals surface area contributed by atoms with E-state index >= 15 is 0 Å². The predicted molar refractivity (Wildman–Crippen MR) is 120 cm³/mol. The zero-order valence-electron chi connectivity index (χ0n) is 17.8. The van der Waals surface area contributed by atoms with Crippen LogP contribution < -0.4 is 5.32 Å². The maximum absolute atomic E-state index is 12.3. The van der Waals surface area contributed by atoms with Crippen molar-refractivity contribution < 1.29 is 14.3 Å². The second kappa shape index (κ2) is 10.6. The standard InChI is InChI=1S/C23H29N3O3S/c1-17-4-5-18(2)21(14-17)30-20-8-6-19(7-9-20)24-22(27)15-25(3)16-23(28)26-10-12-29-13-11-26/h4-9,14H,10-13,15-16H2,1-3H3,(H,24,27). The fourth-order valence-corrected chi connectivity index (χ4v) is 4.20. The lowest BCUT2D eigenvalue weighted by Gasteiger charge is -2.28. The van der Waals surface area contributed by atoms with Gasteiger partial charge in [0.05, 0.1) is 26.3 Å². The van der Waals surface area contributed by atoms with Crippen molar-refractivity contribution >= 4 is 29.3 Å². The maximum atomic E-state index is 12.3. The Kier molecular flexibility index (Phi) is 7.90. The molecule has 7 heteroatoms. The van der Waals surface area contributed by atoms with Gasteiger partial charge in [-0.3, -0.25) is 14.5 Å². The maximum Gasteiger partial charge on any atom is 0.238 e. The molecule has 0 unspecified atom stereocenters. The predicted octanol–water partition coefficient (Wildman–Crippen LogP) is 3.18. The smallest absolute Gasteiger partial charge is 0.238 e. The summed E-state index contributed by atoms with van der Waals surface area (Å²) in [6, 6.07) is 14.3. The Balaban J connectivity index is 1.48. The Labute approximate surface area is 182 Å². The second-order valence-electron chi connectivity index (χ2n) is 7.61. The SMILES string of the molecule is Cc1ccc(C)c(Sc2ccc(NC(=O)CN(C)CC(=O)N3CCOCC3)cc2)c1. The summed E-state index contributed by atoms with van der Waals surface area (Å²) in [5.74, 6) is -0.108. The number of morpholine rings is 1. The minimum absolute atomic E-state index is 0.0291. The number of ether oxygens (including phenoxy) is 1. The number of hydrogen-bond donors (Lipinski definition) is 1. The number of likely N-dealkylation sites (N-methyl/N-ethyl adjacent to an activating group) is 1. The summed E-state index contributed by atoms with van der Waals surface area (Å²) in [7, 11) is 1.78. The molecule has 0 aromatic heterocycles. The van der Waals surface area contributed by atoms with Gasteiger partial charge in [-0.25, -0.2) is 0 Å². The molecular weight excluding hydrogens is 398 g/mol. The van der Waals surface area contributed by atoms with Gasteiger partial charge in [0.2, 0.25) is 11.8 Å². The minimum Gasteiger partial charge on any atom is -0.378 e. The lowest BCUT2D eigenvalue weighted by atomic mass is 10.2. The summed E-state index contributed by atoms with van der Waals surface area (Å²) in [6.07, 6.45) is 0. The molecule has 0 radical (unpaired) electrons. The van der Waals surface area contributed by atoms with E-state index in [1.54, 1.807) is 28.6 Å². The average molecular weight is 428 g/mol. The van der Waals surface area contributed by atoms with Crippen LogP contribution in [0, 0.1) is 13.8 Å². The zero-order chi connectivity index (χ0) is 21.5. The van der Waals surface area contributed by atoms with E-state index in [1.165, 1.54) is 16.0 Å². The minimum atomic E-state index is -0.137. The molecule has 2 aromatic rings. The fraction of sp³-hybridized carbons (Fsp3) is 0.391. The van der Waals surface area contributed by atoms with Gasteiger partial charge in [0.1, 0.15) is 0 Å². The van der Waals surface area contributed by atoms with Crippen molar-refractivity contribution in [3.63, 3.8) is 0 Å². The van der Waals surface area contributed by atoms with Gasteiger partial charge in [0.25, 0.3) is 0 Å². The number of hydrogen-bond acceptors (Lipinski definition) is 5. The van der Waals surface area contributed by atoms with Crippen LogP contribution in [-0.4, -0.2) is 68.1 Å². The Bertz CT molecular complexity index is 880. The summed E-state index contributed by atoms with van der Waals surface area (Å²) >= 11 is 1.71. The fourth-order valence-electron chi connectivity index (χ4n) is 3.20. The van der Waals surface area contributed by atoms with E-state index in [0.717, 1.165) is 10.6 Å². The highest BCUT2D eigenvalue weighted by atomic mass is 32.2. The first-order valence-corrected chi connectivity index (χ1v) is 10.9. The first-order valence-electron chi connectivity index (χ1n) is 10.1. The van der Waals surface area contributed by atoms with Gasteiger partial charge < -0.3 is 15.0 Å².